The van der Waals surface area contributed by atoms with Gasteiger partial charge in [0.2, 0.25) is 0 Å². The van der Waals surface area contributed by atoms with Crippen molar-refractivity contribution in [2.45, 2.75) is 39.0 Å². The molecule has 0 atom stereocenters. The van der Waals surface area contributed by atoms with Crippen LogP contribution in [0.3, 0.4) is 0 Å². The number of nitrogens with zero attached hydrogens (tertiary/aromatic N) is 2. The average molecular weight is 342 g/mol. The third-order valence-corrected chi connectivity index (χ3v) is 3.79. The first kappa shape index (κ1) is 16.9. The van der Waals surface area contributed by atoms with Gasteiger partial charge < -0.3 is 9.25 Å². The molecular weight excluding hydrogens is 324 g/mol. The van der Waals surface area contributed by atoms with Crippen LogP contribution in [0, 0.1) is 0 Å². The number of aryl methyl sites for hydroxylation is 1. The highest BCUT2D eigenvalue weighted by atomic mass is 16.7. The third kappa shape index (κ3) is 3.31. The van der Waals surface area contributed by atoms with Crippen molar-refractivity contribution < 1.29 is 23.6 Å². The maximum atomic E-state index is 12.1. The van der Waals surface area contributed by atoms with Crippen molar-refractivity contribution in [2.75, 3.05) is 0 Å². The molecule has 0 saturated heterocycles. The van der Waals surface area contributed by atoms with Crippen LogP contribution in [-0.2, 0) is 21.5 Å². The number of carbonyl (C=O) groups is 3. The van der Waals surface area contributed by atoms with E-state index in [0.29, 0.717) is 11.0 Å². The second kappa shape index (κ2) is 6.16. The Morgan fingerprint density at radius 3 is 2.28 bits per heavy atom. The maximum Gasteiger partial charge on any atom is 0.333 e. The van der Waals surface area contributed by atoms with Crippen molar-refractivity contribution in [1.82, 2.24) is 10.0 Å². The summed E-state index contributed by atoms with van der Waals surface area (Å²) in [7, 11) is 0. The van der Waals surface area contributed by atoms with Crippen molar-refractivity contribution in [3.8, 4) is 0 Å². The highest BCUT2D eigenvalue weighted by Crippen LogP contribution is 2.24. The van der Waals surface area contributed by atoms with Crippen molar-refractivity contribution >= 4 is 17.8 Å². The summed E-state index contributed by atoms with van der Waals surface area (Å²) in [5.74, 6) is -0.856. The van der Waals surface area contributed by atoms with Crippen LogP contribution in [0.25, 0.3) is 0 Å². The number of hydroxylamine groups is 2. The minimum Gasteiger partial charge on any atom is -0.445 e. The van der Waals surface area contributed by atoms with E-state index in [4.69, 9.17) is 9.25 Å². The summed E-state index contributed by atoms with van der Waals surface area (Å²) < 4.78 is 5.60. The van der Waals surface area contributed by atoms with Gasteiger partial charge in [-0.2, -0.15) is 0 Å². The van der Waals surface area contributed by atoms with Crippen LogP contribution in [0.5, 0.6) is 0 Å². The Bertz CT molecular complexity index is 812. The first-order valence-corrected chi connectivity index (χ1v) is 7.91. The summed E-state index contributed by atoms with van der Waals surface area (Å²) in [6, 6.07) is 6.32. The second-order valence-corrected chi connectivity index (χ2v) is 6.78. The summed E-state index contributed by atoms with van der Waals surface area (Å²) in [6.07, 6.45) is 1.79. The molecule has 0 unspecified atom stereocenters. The zero-order valence-corrected chi connectivity index (χ0v) is 14.2. The Morgan fingerprint density at radius 1 is 1.16 bits per heavy atom. The summed E-state index contributed by atoms with van der Waals surface area (Å²) in [6.45, 7) is 5.98. The molecule has 1 aliphatic rings. The molecule has 2 amide bonds. The van der Waals surface area contributed by atoms with Crippen molar-refractivity contribution in [3.05, 3.63) is 53.2 Å². The molecule has 7 nitrogen and oxygen atoms in total. The molecule has 2 aromatic rings. The molecule has 25 heavy (non-hydrogen) atoms. The van der Waals surface area contributed by atoms with Crippen LogP contribution in [0.15, 0.2) is 34.9 Å². The molecule has 2 heterocycles. The fourth-order valence-electron chi connectivity index (χ4n) is 2.38. The topological polar surface area (TPSA) is 89.7 Å². The molecule has 0 N–H and O–H groups in total. The van der Waals surface area contributed by atoms with Crippen LogP contribution in [-0.4, -0.2) is 27.8 Å². The lowest BCUT2D eigenvalue weighted by Gasteiger charge is -2.13. The summed E-state index contributed by atoms with van der Waals surface area (Å²) in [5.41, 5.74) is 0.275. The number of amides is 2. The molecule has 1 aliphatic heterocycles. The van der Waals surface area contributed by atoms with Crippen LogP contribution >= 0.6 is 0 Å². The van der Waals surface area contributed by atoms with E-state index in [9.17, 15) is 14.4 Å². The lowest BCUT2D eigenvalue weighted by molar-refractivity contribution is -0.168. The number of hydrogen-bond donors (Lipinski definition) is 0. The van der Waals surface area contributed by atoms with Gasteiger partial charge in [-0.15, -0.1) is 0 Å². The first-order valence-electron chi connectivity index (χ1n) is 7.91. The van der Waals surface area contributed by atoms with E-state index >= 15 is 0 Å². The highest BCUT2D eigenvalue weighted by Gasteiger charge is 2.38. The van der Waals surface area contributed by atoms with Gasteiger partial charge >= 0.3 is 5.97 Å². The SMILES string of the molecule is CC(C)(C)c1cnc(CCC(=O)ON2C(=O)c3ccccc3C2=O)o1. The number of fused-ring (bicyclic) bond motifs is 1. The van der Waals surface area contributed by atoms with Crippen LogP contribution in [0.1, 0.15) is 59.6 Å². The van der Waals surface area contributed by atoms with Crippen molar-refractivity contribution in [3.63, 3.8) is 0 Å². The van der Waals surface area contributed by atoms with Crippen LogP contribution < -0.4 is 0 Å². The third-order valence-electron chi connectivity index (χ3n) is 3.79. The number of carbonyl (C=O) groups excluding carboxylic acids is 3. The molecule has 0 aliphatic carbocycles. The molecule has 0 spiro atoms. The minimum atomic E-state index is -0.704. The van der Waals surface area contributed by atoms with Gasteiger partial charge in [0.25, 0.3) is 11.8 Å². The Morgan fingerprint density at radius 2 is 1.76 bits per heavy atom. The molecule has 0 fully saturated rings. The lowest BCUT2D eigenvalue weighted by atomic mass is 9.94. The first-order chi connectivity index (χ1) is 11.8. The van der Waals surface area contributed by atoms with Gasteiger partial charge in [-0.25, -0.2) is 9.78 Å². The number of benzene rings is 1. The standard InChI is InChI=1S/C18H18N2O5/c1-18(2,3)13-10-19-14(24-13)8-9-15(21)25-20-16(22)11-6-4-5-7-12(11)17(20)23/h4-7,10H,8-9H2,1-3H3. The highest BCUT2D eigenvalue weighted by molar-refractivity contribution is 6.20. The Kier molecular flexibility index (Phi) is 4.16. The van der Waals surface area contributed by atoms with E-state index in [1.54, 1.807) is 18.3 Å². The van der Waals surface area contributed by atoms with Gasteiger partial charge in [0.1, 0.15) is 5.76 Å². The minimum absolute atomic E-state index is 0.0580. The predicted molar refractivity (Wildman–Crippen MR) is 86.6 cm³/mol. The Hall–Kier alpha value is -2.96. The molecule has 0 saturated carbocycles. The van der Waals surface area contributed by atoms with Crippen molar-refractivity contribution in [1.29, 1.82) is 0 Å². The molecule has 130 valence electrons. The zero-order chi connectivity index (χ0) is 18.2. The number of oxazole rings is 1. The molecule has 0 radical (unpaired) electrons. The second-order valence-electron chi connectivity index (χ2n) is 6.78. The average Bonchev–Trinajstić information content (AvgIpc) is 3.13. The summed E-state index contributed by atoms with van der Waals surface area (Å²) in [4.78, 5) is 45.3. The number of hydrogen-bond acceptors (Lipinski definition) is 6. The van der Waals surface area contributed by atoms with Crippen molar-refractivity contribution in [2.24, 2.45) is 0 Å². The van der Waals surface area contributed by atoms with Gasteiger partial charge in [0.05, 0.1) is 23.7 Å². The summed E-state index contributed by atoms with van der Waals surface area (Å²) >= 11 is 0. The van der Waals surface area contributed by atoms with E-state index < -0.39 is 17.8 Å². The number of aromatic nitrogens is 1. The Balaban J connectivity index is 1.60. The van der Waals surface area contributed by atoms with E-state index in [1.807, 2.05) is 20.8 Å². The lowest BCUT2D eigenvalue weighted by Crippen LogP contribution is -2.32. The Labute approximate surface area is 144 Å². The molecule has 0 bridgehead atoms. The fraction of sp³-hybridized carbons (Fsp3) is 0.333. The maximum absolute atomic E-state index is 12.1. The van der Waals surface area contributed by atoms with Gasteiger partial charge in [-0.1, -0.05) is 38.0 Å². The van der Waals surface area contributed by atoms with E-state index in [0.717, 1.165) is 5.76 Å². The van der Waals surface area contributed by atoms with Gasteiger partial charge in [-0.05, 0) is 12.1 Å². The number of rotatable bonds is 4. The van der Waals surface area contributed by atoms with E-state index in [-0.39, 0.29) is 29.4 Å². The summed E-state index contributed by atoms with van der Waals surface area (Å²) in [5, 5.41) is 0.503. The van der Waals surface area contributed by atoms with Gasteiger partial charge in [0, 0.05) is 11.8 Å². The molecule has 1 aromatic carbocycles. The smallest absolute Gasteiger partial charge is 0.333 e. The van der Waals surface area contributed by atoms with Crippen LogP contribution in [0.2, 0.25) is 0 Å². The molecule has 7 heteroatoms. The van der Waals surface area contributed by atoms with E-state index in [1.165, 1.54) is 12.1 Å². The monoisotopic (exact) mass is 342 g/mol. The van der Waals surface area contributed by atoms with Crippen LogP contribution in [0.4, 0.5) is 0 Å². The molecule has 1 aromatic heterocycles. The van der Waals surface area contributed by atoms with Gasteiger partial charge in [-0.3, -0.25) is 9.59 Å². The molecular formula is C18H18N2O5. The fourth-order valence-corrected chi connectivity index (χ4v) is 2.38. The van der Waals surface area contributed by atoms with E-state index in [2.05, 4.69) is 4.98 Å². The quantitative estimate of drug-likeness (QED) is 0.794. The normalized spacial score (nSPS) is 14.0. The largest absolute Gasteiger partial charge is 0.445 e. The van der Waals surface area contributed by atoms with Gasteiger partial charge in [0.15, 0.2) is 5.89 Å². The predicted octanol–water partition coefficient (Wildman–Crippen LogP) is 2.66. The number of imide groups is 1. The molecule has 3 rings (SSSR count). The zero-order valence-electron chi connectivity index (χ0n) is 14.2.